The number of rotatable bonds is 1. The minimum Gasteiger partial charge on any atom is -0.133 e. The van der Waals surface area contributed by atoms with Crippen molar-refractivity contribution < 1.29 is 0 Å². The van der Waals surface area contributed by atoms with Gasteiger partial charge in [-0.05, 0) is 42.8 Å². The van der Waals surface area contributed by atoms with E-state index in [2.05, 4.69) is 50.4 Å². The largest absolute Gasteiger partial charge is 0.133 e. The normalized spacial score (nSPS) is 11.2. The first-order chi connectivity index (χ1) is 8.16. The van der Waals surface area contributed by atoms with Gasteiger partial charge in [0.25, 0.3) is 0 Å². The quantitative estimate of drug-likeness (QED) is 0.536. The zero-order chi connectivity index (χ0) is 12.0. The van der Waals surface area contributed by atoms with Crippen molar-refractivity contribution in [3.8, 4) is 10.4 Å². The first-order valence-electron chi connectivity index (χ1n) is 5.71. The first-order valence-corrected chi connectivity index (χ1v) is 7.40. The van der Waals surface area contributed by atoms with Crippen LogP contribution >= 0.6 is 22.7 Å². The zero-order valence-corrected chi connectivity index (χ0v) is 11.8. The fraction of sp³-hybridized carbons (Fsp3) is 0.200. The molecular weight excluding hydrogens is 244 g/mol. The molecule has 0 fully saturated rings. The highest BCUT2D eigenvalue weighted by Crippen LogP contribution is 2.42. The van der Waals surface area contributed by atoms with Crippen LogP contribution in [0.3, 0.4) is 0 Å². The van der Waals surface area contributed by atoms with Gasteiger partial charge in [-0.3, -0.25) is 0 Å². The Morgan fingerprint density at radius 3 is 2.29 bits per heavy atom. The Hall–Kier alpha value is -1.12. The van der Waals surface area contributed by atoms with Crippen molar-refractivity contribution in [2.45, 2.75) is 20.8 Å². The Labute approximate surface area is 110 Å². The summed E-state index contributed by atoms with van der Waals surface area (Å²) in [6, 6.07) is 8.84. The molecule has 2 heterocycles. The number of hydrogen-bond donors (Lipinski definition) is 0. The maximum absolute atomic E-state index is 2.26. The fourth-order valence-electron chi connectivity index (χ4n) is 2.21. The standard InChI is InChI=1S/C15H14S2/c1-9-4-6-12(7-5-9)14-11(3)13-10(2)8-16-15(13)17-14/h4-8H,1-3H3. The van der Waals surface area contributed by atoms with Crippen LogP contribution in [0.25, 0.3) is 19.8 Å². The second-order valence-corrected chi connectivity index (χ2v) is 6.66. The van der Waals surface area contributed by atoms with Gasteiger partial charge in [-0.15, -0.1) is 22.7 Å². The highest BCUT2D eigenvalue weighted by Gasteiger charge is 2.13. The van der Waals surface area contributed by atoms with Crippen LogP contribution in [0.1, 0.15) is 16.7 Å². The summed E-state index contributed by atoms with van der Waals surface area (Å²) >= 11 is 3.79. The van der Waals surface area contributed by atoms with Crippen LogP contribution in [-0.2, 0) is 0 Å². The summed E-state index contributed by atoms with van der Waals surface area (Å²) in [7, 11) is 0. The molecule has 0 aliphatic carbocycles. The zero-order valence-electron chi connectivity index (χ0n) is 10.2. The molecule has 0 saturated carbocycles. The van der Waals surface area contributed by atoms with Gasteiger partial charge in [-0.2, -0.15) is 0 Å². The van der Waals surface area contributed by atoms with E-state index in [-0.39, 0.29) is 0 Å². The molecule has 17 heavy (non-hydrogen) atoms. The maximum atomic E-state index is 2.26. The van der Waals surface area contributed by atoms with Gasteiger partial charge in [0, 0.05) is 10.3 Å². The minimum absolute atomic E-state index is 1.32. The molecule has 0 atom stereocenters. The highest BCUT2D eigenvalue weighted by atomic mass is 32.2. The van der Waals surface area contributed by atoms with Gasteiger partial charge in [0.05, 0.1) is 4.01 Å². The van der Waals surface area contributed by atoms with Crippen molar-refractivity contribution in [2.24, 2.45) is 0 Å². The van der Waals surface area contributed by atoms with E-state index in [1.807, 2.05) is 22.7 Å². The summed E-state index contributed by atoms with van der Waals surface area (Å²) in [6.45, 7) is 6.58. The molecule has 1 aromatic carbocycles. The summed E-state index contributed by atoms with van der Waals surface area (Å²) in [5.74, 6) is 0. The molecule has 3 aromatic rings. The number of fused-ring (bicyclic) bond motifs is 1. The average molecular weight is 258 g/mol. The van der Waals surface area contributed by atoms with Crippen LogP contribution in [-0.4, -0.2) is 0 Å². The third-order valence-electron chi connectivity index (χ3n) is 3.17. The summed E-state index contributed by atoms with van der Waals surface area (Å²) in [5.41, 5.74) is 5.52. The Kier molecular flexibility index (Phi) is 2.57. The van der Waals surface area contributed by atoms with Crippen molar-refractivity contribution in [2.75, 3.05) is 0 Å². The number of hydrogen-bond acceptors (Lipinski definition) is 2. The summed E-state index contributed by atoms with van der Waals surface area (Å²) in [4.78, 5) is 1.43. The van der Waals surface area contributed by atoms with E-state index in [4.69, 9.17) is 0 Å². The molecule has 0 nitrogen and oxygen atoms in total. The average Bonchev–Trinajstić information content (AvgIpc) is 2.83. The molecule has 0 bridgehead atoms. The highest BCUT2D eigenvalue weighted by molar-refractivity contribution is 7.39. The van der Waals surface area contributed by atoms with Crippen molar-refractivity contribution >= 4 is 32.1 Å². The third kappa shape index (κ3) is 1.72. The van der Waals surface area contributed by atoms with Crippen molar-refractivity contribution in [3.63, 3.8) is 0 Å². The molecule has 0 amide bonds. The van der Waals surface area contributed by atoms with E-state index < -0.39 is 0 Å². The van der Waals surface area contributed by atoms with E-state index in [0.717, 1.165) is 0 Å². The van der Waals surface area contributed by atoms with Crippen LogP contribution in [0.2, 0.25) is 0 Å². The Balaban J connectivity index is 2.23. The van der Waals surface area contributed by atoms with Gasteiger partial charge >= 0.3 is 0 Å². The second kappa shape index (κ2) is 3.97. The van der Waals surface area contributed by atoms with Gasteiger partial charge < -0.3 is 0 Å². The van der Waals surface area contributed by atoms with Crippen molar-refractivity contribution in [1.29, 1.82) is 0 Å². The Morgan fingerprint density at radius 1 is 0.941 bits per heavy atom. The Morgan fingerprint density at radius 2 is 1.65 bits per heavy atom. The van der Waals surface area contributed by atoms with Crippen LogP contribution in [0.15, 0.2) is 29.6 Å². The molecule has 0 saturated heterocycles. The van der Waals surface area contributed by atoms with Gasteiger partial charge in [0.15, 0.2) is 0 Å². The minimum atomic E-state index is 1.32. The van der Waals surface area contributed by atoms with Gasteiger partial charge in [-0.1, -0.05) is 29.8 Å². The topological polar surface area (TPSA) is 0 Å². The van der Waals surface area contributed by atoms with Crippen molar-refractivity contribution in [3.05, 3.63) is 46.3 Å². The van der Waals surface area contributed by atoms with E-state index in [9.17, 15) is 0 Å². The van der Waals surface area contributed by atoms with Gasteiger partial charge in [0.1, 0.15) is 0 Å². The number of thiophene rings is 2. The van der Waals surface area contributed by atoms with Gasteiger partial charge in [-0.25, -0.2) is 0 Å². The molecule has 2 heteroatoms. The summed E-state index contributed by atoms with van der Waals surface area (Å²) in [5, 5.41) is 3.73. The van der Waals surface area contributed by atoms with Crippen molar-refractivity contribution in [1.82, 2.24) is 0 Å². The molecule has 0 radical (unpaired) electrons. The van der Waals surface area contributed by atoms with Crippen LogP contribution in [0.4, 0.5) is 0 Å². The SMILES string of the molecule is Cc1ccc(-c2sc3scc(C)c3c2C)cc1. The molecule has 0 N–H and O–H groups in total. The molecule has 3 rings (SSSR count). The molecule has 0 aliphatic rings. The number of benzene rings is 1. The van der Waals surface area contributed by atoms with Crippen LogP contribution < -0.4 is 0 Å². The lowest BCUT2D eigenvalue weighted by Gasteiger charge is -2.01. The van der Waals surface area contributed by atoms with E-state index >= 15 is 0 Å². The second-order valence-electron chi connectivity index (χ2n) is 4.50. The van der Waals surface area contributed by atoms with E-state index in [0.29, 0.717) is 0 Å². The smallest absolute Gasteiger partial charge is 0.0876 e. The lowest BCUT2D eigenvalue weighted by atomic mass is 10.1. The van der Waals surface area contributed by atoms with Gasteiger partial charge in [0.2, 0.25) is 0 Å². The Bertz CT molecular complexity index is 669. The molecule has 86 valence electrons. The predicted octanol–water partition coefficient (Wildman–Crippen LogP) is 5.56. The van der Waals surface area contributed by atoms with E-state index in [1.165, 1.54) is 36.5 Å². The predicted molar refractivity (Wildman–Crippen MR) is 79.3 cm³/mol. The lowest BCUT2D eigenvalue weighted by molar-refractivity contribution is 1.46. The van der Waals surface area contributed by atoms with Crippen LogP contribution in [0, 0.1) is 20.8 Å². The molecular formula is C15H14S2. The number of aryl methyl sites for hydroxylation is 3. The molecule has 0 spiro atoms. The fourth-order valence-corrected chi connectivity index (χ4v) is 4.74. The monoisotopic (exact) mass is 258 g/mol. The van der Waals surface area contributed by atoms with Crippen LogP contribution in [0.5, 0.6) is 0 Å². The lowest BCUT2D eigenvalue weighted by Crippen LogP contribution is -1.78. The third-order valence-corrected chi connectivity index (χ3v) is 5.73. The molecule has 2 aromatic heterocycles. The molecule has 0 unspecified atom stereocenters. The summed E-state index contributed by atoms with van der Waals surface area (Å²) in [6.07, 6.45) is 0. The van der Waals surface area contributed by atoms with E-state index in [1.54, 1.807) is 0 Å². The first kappa shape index (κ1) is 11.0. The maximum Gasteiger partial charge on any atom is 0.0876 e. The summed E-state index contributed by atoms with van der Waals surface area (Å²) < 4.78 is 1.45. The molecule has 0 aliphatic heterocycles.